The fourth-order valence-corrected chi connectivity index (χ4v) is 2.26. The molecule has 0 aliphatic rings. The minimum Gasteiger partial charge on any atom is -0.356 e. The summed E-state index contributed by atoms with van der Waals surface area (Å²) in [6.45, 7) is 4.71. The van der Waals surface area contributed by atoms with Gasteiger partial charge < -0.3 is 15.5 Å². The summed E-state index contributed by atoms with van der Waals surface area (Å²) in [5, 5.41) is 6.79. The number of hydrogen-bond donors (Lipinski definition) is 2. The van der Waals surface area contributed by atoms with Crippen LogP contribution in [0.2, 0.25) is 0 Å². The third-order valence-corrected chi connectivity index (χ3v) is 3.65. The molecular weight excluding hydrogens is 296 g/mol. The maximum absolute atomic E-state index is 4.72. The van der Waals surface area contributed by atoms with E-state index < -0.39 is 0 Å². The summed E-state index contributed by atoms with van der Waals surface area (Å²) in [7, 11) is 4.18. The van der Waals surface area contributed by atoms with Gasteiger partial charge in [0, 0.05) is 12.2 Å². The second-order valence-electron chi connectivity index (χ2n) is 6.23. The van der Waals surface area contributed by atoms with Crippen molar-refractivity contribution in [2.45, 2.75) is 19.9 Å². The molecule has 0 aliphatic carbocycles. The molecule has 4 heteroatoms. The van der Waals surface area contributed by atoms with Crippen LogP contribution in [-0.2, 0) is 6.54 Å². The molecule has 4 nitrogen and oxygen atoms in total. The van der Waals surface area contributed by atoms with Gasteiger partial charge in [-0.2, -0.15) is 0 Å². The van der Waals surface area contributed by atoms with Crippen LogP contribution in [0.5, 0.6) is 0 Å². The van der Waals surface area contributed by atoms with Gasteiger partial charge in [-0.1, -0.05) is 48.0 Å². The van der Waals surface area contributed by atoms with Gasteiger partial charge >= 0.3 is 0 Å². The lowest BCUT2D eigenvalue weighted by atomic mass is 10.1. The SMILES string of the molecule is Cc1ccc(CN=C(NCCCN(C)C)Nc2ccccc2)cc1. The van der Waals surface area contributed by atoms with Crippen LogP contribution in [0.15, 0.2) is 59.6 Å². The van der Waals surface area contributed by atoms with Crippen molar-refractivity contribution in [2.24, 2.45) is 4.99 Å². The molecule has 0 fully saturated rings. The fourth-order valence-electron chi connectivity index (χ4n) is 2.26. The lowest BCUT2D eigenvalue weighted by Gasteiger charge is -2.14. The van der Waals surface area contributed by atoms with Gasteiger partial charge in [0.25, 0.3) is 0 Å². The van der Waals surface area contributed by atoms with E-state index in [0.29, 0.717) is 6.54 Å². The van der Waals surface area contributed by atoms with Gasteiger partial charge in [-0.15, -0.1) is 0 Å². The van der Waals surface area contributed by atoms with Crippen molar-refractivity contribution >= 4 is 11.6 Å². The van der Waals surface area contributed by atoms with Gasteiger partial charge in [0.1, 0.15) is 0 Å². The van der Waals surface area contributed by atoms with Gasteiger partial charge in [0.15, 0.2) is 5.96 Å². The summed E-state index contributed by atoms with van der Waals surface area (Å²) in [5.74, 6) is 0.820. The van der Waals surface area contributed by atoms with Crippen LogP contribution in [0, 0.1) is 6.92 Å². The molecule has 0 heterocycles. The second kappa shape index (κ2) is 9.73. The van der Waals surface area contributed by atoms with Gasteiger partial charge in [-0.3, -0.25) is 0 Å². The molecule has 0 saturated heterocycles. The highest BCUT2D eigenvalue weighted by Gasteiger charge is 2.00. The average molecular weight is 324 g/mol. The van der Waals surface area contributed by atoms with Crippen LogP contribution >= 0.6 is 0 Å². The Kier molecular flexibility index (Phi) is 7.30. The molecule has 0 saturated carbocycles. The maximum Gasteiger partial charge on any atom is 0.196 e. The molecule has 0 spiro atoms. The van der Waals surface area contributed by atoms with E-state index in [4.69, 9.17) is 4.99 Å². The largest absolute Gasteiger partial charge is 0.356 e. The number of anilines is 1. The monoisotopic (exact) mass is 324 g/mol. The Morgan fingerprint density at radius 1 is 1.00 bits per heavy atom. The smallest absolute Gasteiger partial charge is 0.196 e. The quantitative estimate of drug-likeness (QED) is 0.465. The Balaban J connectivity index is 1.97. The van der Waals surface area contributed by atoms with E-state index >= 15 is 0 Å². The number of guanidine groups is 1. The first kappa shape index (κ1) is 18.0. The normalized spacial score (nSPS) is 11.6. The molecular formula is C20H28N4. The Morgan fingerprint density at radius 2 is 1.71 bits per heavy atom. The number of nitrogens with zero attached hydrogens (tertiary/aromatic N) is 2. The molecule has 2 aromatic carbocycles. The molecule has 0 aliphatic heterocycles. The molecule has 0 amide bonds. The summed E-state index contributed by atoms with van der Waals surface area (Å²) >= 11 is 0. The van der Waals surface area contributed by atoms with Gasteiger partial charge in [0.2, 0.25) is 0 Å². The molecule has 0 bridgehead atoms. The van der Waals surface area contributed by atoms with Crippen molar-refractivity contribution in [3.05, 3.63) is 65.7 Å². The number of aliphatic imine (C=N–C) groups is 1. The van der Waals surface area contributed by atoms with Crippen molar-refractivity contribution in [3.8, 4) is 0 Å². The summed E-state index contributed by atoms with van der Waals surface area (Å²) in [4.78, 5) is 6.91. The lowest BCUT2D eigenvalue weighted by Crippen LogP contribution is -2.33. The second-order valence-corrected chi connectivity index (χ2v) is 6.23. The molecule has 0 atom stereocenters. The van der Waals surface area contributed by atoms with Crippen LogP contribution in [0.25, 0.3) is 0 Å². The number of aryl methyl sites for hydroxylation is 1. The Labute approximate surface area is 145 Å². The van der Waals surface area contributed by atoms with Crippen LogP contribution < -0.4 is 10.6 Å². The first-order valence-corrected chi connectivity index (χ1v) is 8.44. The summed E-state index contributed by atoms with van der Waals surface area (Å²) in [5.41, 5.74) is 3.52. The highest BCUT2D eigenvalue weighted by molar-refractivity contribution is 5.93. The van der Waals surface area contributed by atoms with Crippen LogP contribution in [0.1, 0.15) is 17.5 Å². The molecule has 128 valence electrons. The molecule has 0 radical (unpaired) electrons. The first-order chi connectivity index (χ1) is 11.6. The van der Waals surface area contributed by atoms with E-state index in [2.05, 4.69) is 60.8 Å². The molecule has 0 aromatic heterocycles. The predicted octanol–water partition coefficient (Wildman–Crippen LogP) is 3.50. The van der Waals surface area contributed by atoms with E-state index in [0.717, 1.165) is 31.2 Å². The molecule has 2 aromatic rings. The van der Waals surface area contributed by atoms with Gasteiger partial charge in [0.05, 0.1) is 6.54 Å². The van der Waals surface area contributed by atoms with E-state index in [1.54, 1.807) is 0 Å². The zero-order valence-electron chi connectivity index (χ0n) is 14.9. The zero-order chi connectivity index (χ0) is 17.2. The topological polar surface area (TPSA) is 39.7 Å². The van der Waals surface area contributed by atoms with Gasteiger partial charge in [-0.25, -0.2) is 4.99 Å². The highest BCUT2D eigenvalue weighted by Crippen LogP contribution is 2.07. The standard InChI is InChI=1S/C20H28N4/c1-17-10-12-18(13-11-17)16-22-20(21-14-7-15-24(2)3)23-19-8-5-4-6-9-19/h4-6,8-13H,7,14-16H2,1-3H3,(H2,21,22,23). The number of nitrogens with one attached hydrogen (secondary N) is 2. The molecule has 2 N–H and O–H groups in total. The average Bonchev–Trinajstić information content (AvgIpc) is 2.58. The van der Waals surface area contributed by atoms with E-state index in [9.17, 15) is 0 Å². The number of benzene rings is 2. The van der Waals surface area contributed by atoms with Crippen molar-refractivity contribution < 1.29 is 0 Å². The minimum atomic E-state index is 0.663. The predicted molar refractivity (Wildman–Crippen MR) is 104 cm³/mol. The maximum atomic E-state index is 4.72. The molecule has 24 heavy (non-hydrogen) atoms. The summed E-state index contributed by atoms with van der Waals surface area (Å²) in [6, 6.07) is 18.7. The van der Waals surface area contributed by atoms with E-state index in [1.165, 1.54) is 11.1 Å². The van der Waals surface area contributed by atoms with Crippen LogP contribution in [-0.4, -0.2) is 38.0 Å². The van der Waals surface area contributed by atoms with Crippen molar-refractivity contribution in [1.29, 1.82) is 0 Å². The van der Waals surface area contributed by atoms with Crippen LogP contribution in [0.3, 0.4) is 0 Å². The van der Waals surface area contributed by atoms with Crippen molar-refractivity contribution in [1.82, 2.24) is 10.2 Å². The van der Waals surface area contributed by atoms with Crippen molar-refractivity contribution in [2.75, 3.05) is 32.5 Å². The highest BCUT2D eigenvalue weighted by atomic mass is 15.2. The molecule has 0 unspecified atom stereocenters. The van der Waals surface area contributed by atoms with Crippen molar-refractivity contribution in [3.63, 3.8) is 0 Å². The Morgan fingerprint density at radius 3 is 2.38 bits per heavy atom. The number of hydrogen-bond acceptors (Lipinski definition) is 2. The van der Waals surface area contributed by atoms with E-state index in [1.807, 2.05) is 30.3 Å². The minimum absolute atomic E-state index is 0.663. The Hall–Kier alpha value is -2.33. The number of para-hydroxylation sites is 1. The third kappa shape index (κ3) is 6.84. The summed E-state index contributed by atoms with van der Waals surface area (Å²) < 4.78 is 0. The number of rotatable bonds is 7. The Bertz CT molecular complexity index is 618. The summed E-state index contributed by atoms with van der Waals surface area (Å²) in [6.07, 6.45) is 1.08. The lowest BCUT2D eigenvalue weighted by molar-refractivity contribution is 0.400. The third-order valence-electron chi connectivity index (χ3n) is 3.65. The van der Waals surface area contributed by atoms with Crippen LogP contribution in [0.4, 0.5) is 5.69 Å². The zero-order valence-corrected chi connectivity index (χ0v) is 14.9. The molecule has 2 rings (SSSR count). The first-order valence-electron chi connectivity index (χ1n) is 8.44. The fraction of sp³-hybridized carbons (Fsp3) is 0.350. The van der Waals surface area contributed by atoms with Gasteiger partial charge in [-0.05, 0) is 51.7 Å². The van der Waals surface area contributed by atoms with E-state index in [-0.39, 0.29) is 0 Å².